The molecule has 1 heterocycles. The predicted octanol–water partition coefficient (Wildman–Crippen LogP) is 0.699. The third-order valence-electron chi connectivity index (χ3n) is 2.76. The minimum atomic E-state index is -0.519. The number of amides is 2. The predicted molar refractivity (Wildman–Crippen MR) is 94.6 cm³/mol. The zero-order chi connectivity index (χ0) is 18.7. The van der Waals surface area contributed by atoms with Crippen molar-refractivity contribution in [3.05, 3.63) is 24.2 Å². The fraction of sp³-hybridized carbons (Fsp3) is 0.562. The zero-order valence-electron chi connectivity index (χ0n) is 15.1. The van der Waals surface area contributed by atoms with Crippen LogP contribution in [0.2, 0.25) is 0 Å². The Kier molecular flexibility index (Phi) is 8.31. The zero-order valence-corrected chi connectivity index (χ0v) is 15.1. The summed E-state index contributed by atoms with van der Waals surface area (Å²) in [5.41, 5.74) is -0.519. The minimum absolute atomic E-state index is 0.267. The highest BCUT2D eigenvalue weighted by atomic mass is 16.6. The van der Waals surface area contributed by atoms with Crippen LogP contribution in [0.3, 0.4) is 0 Å². The quantitative estimate of drug-likeness (QED) is 0.326. The second-order valence-electron chi connectivity index (χ2n) is 6.09. The van der Waals surface area contributed by atoms with Gasteiger partial charge in [0.25, 0.3) is 5.91 Å². The van der Waals surface area contributed by atoms with E-state index < -0.39 is 11.7 Å². The van der Waals surface area contributed by atoms with E-state index in [1.54, 1.807) is 40.0 Å². The summed E-state index contributed by atoms with van der Waals surface area (Å²) in [6.07, 6.45) is 0.988. The number of ether oxygens (including phenoxy) is 1. The molecule has 2 amide bonds. The lowest BCUT2D eigenvalue weighted by atomic mass is 10.2. The summed E-state index contributed by atoms with van der Waals surface area (Å²) < 4.78 is 10.1. The fourth-order valence-electron chi connectivity index (χ4n) is 1.73. The van der Waals surface area contributed by atoms with Crippen molar-refractivity contribution in [2.45, 2.75) is 26.4 Å². The molecule has 0 atom stereocenters. The molecule has 25 heavy (non-hydrogen) atoms. The first-order chi connectivity index (χ1) is 11.8. The van der Waals surface area contributed by atoms with Gasteiger partial charge in [-0.25, -0.2) is 4.79 Å². The second-order valence-corrected chi connectivity index (χ2v) is 6.09. The molecule has 0 aromatic carbocycles. The lowest BCUT2D eigenvalue weighted by Gasteiger charge is -2.19. The Bertz CT molecular complexity index is 564. The van der Waals surface area contributed by atoms with E-state index in [9.17, 15) is 9.59 Å². The molecule has 0 aliphatic carbocycles. The van der Waals surface area contributed by atoms with E-state index in [4.69, 9.17) is 9.15 Å². The van der Waals surface area contributed by atoms with Gasteiger partial charge in [-0.2, -0.15) is 0 Å². The largest absolute Gasteiger partial charge is 0.459 e. The van der Waals surface area contributed by atoms with E-state index in [1.165, 1.54) is 6.26 Å². The van der Waals surface area contributed by atoms with Crippen LogP contribution in [0.15, 0.2) is 27.8 Å². The van der Waals surface area contributed by atoms with E-state index in [-0.39, 0.29) is 11.7 Å². The van der Waals surface area contributed by atoms with E-state index in [0.29, 0.717) is 32.1 Å². The molecule has 0 bridgehead atoms. The van der Waals surface area contributed by atoms with Crippen molar-refractivity contribution in [3.63, 3.8) is 0 Å². The highest BCUT2D eigenvalue weighted by molar-refractivity contribution is 5.91. The maximum atomic E-state index is 11.7. The van der Waals surface area contributed by atoms with Gasteiger partial charge in [0, 0.05) is 33.2 Å². The number of aliphatic imine (C=N–C) groups is 1. The van der Waals surface area contributed by atoms with Crippen molar-refractivity contribution < 1.29 is 18.7 Å². The van der Waals surface area contributed by atoms with Gasteiger partial charge in [0.1, 0.15) is 5.60 Å². The minimum Gasteiger partial charge on any atom is -0.459 e. The Morgan fingerprint density at radius 2 is 1.68 bits per heavy atom. The van der Waals surface area contributed by atoms with Gasteiger partial charge in [0.15, 0.2) is 11.7 Å². The Morgan fingerprint density at radius 1 is 1.08 bits per heavy atom. The van der Waals surface area contributed by atoms with Crippen molar-refractivity contribution in [1.29, 1.82) is 0 Å². The van der Waals surface area contributed by atoms with Crippen molar-refractivity contribution in [2.75, 3.05) is 33.2 Å². The standard InChI is InChI=1S/C16H27N5O4/c1-16(2,3)25-15(23)21-10-9-20-14(17-4)19-8-7-18-13(22)12-6-5-11-24-12/h5-6,11H,7-10H2,1-4H3,(H,18,22)(H,21,23)(H2,17,19,20). The number of nitrogens with one attached hydrogen (secondary N) is 4. The summed E-state index contributed by atoms with van der Waals surface area (Å²) in [6.45, 7) is 7.20. The second kappa shape index (κ2) is 10.2. The van der Waals surface area contributed by atoms with E-state index in [0.717, 1.165) is 0 Å². The first-order valence-electron chi connectivity index (χ1n) is 8.05. The number of guanidine groups is 1. The average molecular weight is 353 g/mol. The molecule has 0 aliphatic rings. The summed E-state index contributed by atoms with van der Waals surface area (Å²) in [5, 5.41) is 11.4. The van der Waals surface area contributed by atoms with Crippen LogP contribution in [0.25, 0.3) is 0 Å². The van der Waals surface area contributed by atoms with Gasteiger partial charge in [0.05, 0.1) is 6.26 Å². The average Bonchev–Trinajstić information content (AvgIpc) is 3.06. The maximum Gasteiger partial charge on any atom is 0.407 e. The van der Waals surface area contributed by atoms with Crippen LogP contribution in [0.1, 0.15) is 31.3 Å². The number of furan rings is 1. The van der Waals surface area contributed by atoms with Gasteiger partial charge in [-0.1, -0.05) is 0 Å². The SMILES string of the molecule is CN=C(NCCNC(=O)OC(C)(C)C)NCCNC(=O)c1ccco1. The molecule has 0 saturated carbocycles. The van der Waals surface area contributed by atoms with E-state index in [1.807, 2.05) is 0 Å². The van der Waals surface area contributed by atoms with Crippen LogP contribution in [0.5, 0.6) is 0 Å². The van der Waals surface area contributed by atoms with E-state index in [2.05, 4.69) is 26.3 Å². The number of carbonyl (C=O) groups excluding carboxylic acids is 2. The van der Waals surface area contributed by atoms with Crippen molar-refractivity contribution in [1.82, 2.24) is 21.3 Å². The fourth-order valence-corrected chi connectivity index (χ4v) is 1.73. The first kappa shape index (κ1) is 20.3. The van der Waals surface area contributed by atoms with Crippen molar-refractivity contribution >= 4 is 18.0 Å². The van der Waals surface area contributed by atoms with Gasteiger partial charge in [-0.3, -0.25) is 9.79 Å². The Morgan fingerprint density at radius 3 is 2.20 bits per heavy atom. The lowest BCUT2D eigenvalue weighted by Crippen LogP contribution is -2.44. The number of hydrogen-bond acceptors (Lipinski definition) is 5. The number of rotatable bonds is 7. The molecule has 9 nitrogen and oxygen atoms in total. The van der Waals surface area contributed by atoms with Crippen molar-refractivity contribution in [3.8, 4) is 0 Å². The van der Waals surface area contributed by atoms with Crippen LogP contribution in [-0.4, -0.2) is 56.8 Å². The summed E-state index contributed by atoms with van der Waals surface area (Å²) in [7, 11) is 1.64. The Balaban J connectivity index is 2.12. The molecule has 0 unspecified atom stereocenters. The van der Waals surface area contributed by atoms with Crippen LogP contribution in [0, 0.1) is 0 Å². The van der Waals surface area contributed by atoms with Crippen LogP contribution < -0.4 is 21.3 Å². The lowest BCUT2D eigenvalue weighted by molar-refractivity contribution is 0.0528. The topological polar surface area (TPSA) is 117 Å². The molecule has 1 aromatic rings. The van der Waals surface area contributed by atoms with Crippen LogP contribution >= 0.6 is 0 Å². The third kappa shape index (κ3) is 9.23. The molecule has 0 fully saturated rings. The van der Waals surface area contributed by atoms with E-state index >= 15 is 0 Å². The summed E-state index contributed by atoms with van der Waals surface area (Å²) in [6, 6.07) is 3.26. The van der Waals surface area contributed by atoms with Gasteiger partial charge in [0.2, 0.25) is 0 Å². The summed E-state index contributed by atoms with van der Waals surface area (Å²) in [5.74, 6) is 0.574. The normalized spacial score (nSPS) is 11.6. The number of carbonyl (C=O) groups is 2. The molecule has 1 rings (SSSR count). The molecule has 4 N–H and O–H groups in total. The molecule has 0 spiro atoms. The number of hydrogen-bond donors (Lipinski definition) is 4. The molecule has 0 radical (unpaired) electrons. The van der Waals surface area contributed by atoms with Gasteiger partial charge in [-0.15, -0.1) is 0 Å². The van der Waals surface area contributed by atoms with Crippen molar-refractivity contribution in [2.24, 2.45) is 4.99 Å². The van der Waals surface area contributed by atoms with Crippen LogP contribution in [-0.2, 0) is 4.74 Å². The summed E-state index contributed by atoms with van der Waals surface area (Å²) in [4.78, 5) is 27.2. The first-order valence-corrected chi connectivity index (χ1v) is 8.05. The monoisotopic (exact) mass is 353 g/mol. The molecule has 140 valence electrons. The smallest absolute Gasteiger partial charge is 0.407 e. The molecule has 1 aromatic heterocycles. The molecule has 0 aliphatic heterocycles. The Hall–Kier alpha value is -2.71. The molecular weight excluding hydrogens is 326 g/mol. The molecule has 0 saturated heterocycles. The number of alkyl carbamates (subject to hydrolysis) is 1. The number of nitrogens with zero attached hydrogens (tertiary/aromatic N) is 1. The molecule has 9 heteroatoms. The summed E-state index contributed by atoms with van der Waals surface area (Å²) >= 11 is 0. The highest BCUT2D eigenvalue weighted by Crippen LogP contribution is 2.05. The molecular formula is C16H27N5O4. The van der Waals surface area contributed by atoms with Gasteiger partial charge >= 0.3 is 6.09 Å². The highest BCUT2D eigenvalue weighted by Gasteiger charge is 2.15. The Labute approximate surface area is 147 Å². The van der Waals surface area contributed by atoms with Gasteiger partial charge < -0.3 is 30.4 Å². The van der Waals surface area contributed by atoms with Gasteiger partial charge in [-0.05, 0) is 32.9 Å². The third-order valence-corrected chi connectivity index (χ3v) is 2.76. The maximum absolute atomic E-state index is 11.7. The van der Waals surface area contributed by atoms with Crippen LogP contribution in [0.4, 0.5) is 4.79 Å².